The molecule has 0 aliphatic carbocycles. The van der Waals surface area contributed by atoms with Crippen molar-refractivity contribution in [3.63, 3.8) is 0 Å². The van der Waals surface area contributed by atoms with Crippen molar-refractivity contribution in [1.29, 1.82) is 5.26 Å². The normalized spacial score (nSPS) is 18.7. The van der Waals surface area contributed by atoms with Gasteiger partial charge in [-0.05, 0) is 0 Å². The first kappa shape index (κ1) is 14.3. The summed E-state index contributed by atoms with van der Waals surface area (Å²) in [5, 5.41) is 43.2. The van der Waals surface area contributed by atoms with Gasteiger partial charge in [-0.15, -0.1) is 0 Å². The molecular formula is C8H13NO5S. The number of hydrogen-bond donors (Lipinski definition) is 5. The first-order valence-corrected chi connectivity index (χ1v) is 4.71. The smallest absolute Gasteiger partial charge is 0.193 e. The lowest BCUT2D eigenvalue weighted by Crippen LogP contribution is -2.45. The van der Waals surface area contributed by atoms with E-state index in [1.165, 1.54) is 0 Å². The van der Waals surface area contributed by atoms with Crippen LogP contribution in [0.25, 0.3) is 0 Å². The average Bonchev–Trinajstić information content (AvgIpc) is 2.25. The van der Waals surface area contributed by atoms with Crippen LogP contribution in [0.2, 0.25) is 0 Å². The zero-order valence-electron chi connectivity index (χ0n) is 7.82. The number of nitrogens with zero attached hydrogens (tertiary/aromatic N) is 1. The van der Waals surface area contributed by atoms with Crippen molar-refractivity contribution in [3.05, 3.63) is 0 Å². The minimum atomic E-state index is -1.88. The lowest BCUT2D eigenvalue weighted by molar-refractivity contribution is -0.142. The van der Waals surface area contributed by atoms with Crippen LogP contribution in [0, 0.1) is 11.3 Å². The van der Waals surface area contributed by atoms with Gasteiger partial charge in [0.25, 0.3) is 0 Å². The van der Waals surface area contributed by atoms with E-state index in [9.17, 15) is 9.90 Å². The minimum absolute atomic E-state index is 0.169. The van der Waals surface area contributed by atoms with E-state index in [1.54, 1.807) is 6.07 Å². The van der Waals surface area contributed by atoms with Crippen LogP contribution >= 0.6 is 12.6 Å². The fourth-order valence-electron chi connectivity index (χ4n) is 0.859. The van der Waals surface area contributed by atoms with Gasteiger partial charge >= 0.3 is 0 Å². The van der Waals surface area contributed by atoms with Gasteiger partial charge in [-0.1, -0.05) is 0 Å². The summed E-state index contributed by atoms with van der Waals surface area (Å²) < 4.78 is 0. The Kier molecular flexibility index (Phi) is 6.47. The van der Waals surface area contributed by atoms with Crippen molar-refractivity contribution in [2.24, 2.45) is 0 Å². The van der Waals surface area contributed by atoms with Gasteiger partial charge in [-0.3, -0.25) is 4.79 Å². The molecule has 1 unspecified atom stereocenters. The standard InChI is InChI=1S/C8H13NO5S/c9-2-1-5(15)7(13)8(14)6(12)4(11)3-10/h4-7,10-13,15H,1,3H2/t4-,5?,6+,7+/m1/s1. The molecular weight excluding hydrogens is 222 g/mol. The van der Waals surface area contributed by atoms with Crippen molar-refractivity contribution >= 4 is 18.4 Å². The maximum Gasteiger partial charge on any atom is 0.193 e. The molecule has 4 N–H and O–H groups in total. The lowest BCUT2D eigenvalue weighted by Gasteiger charge is -2.20. The van der Waals surface area contributed by atoms with E-state index in [2.05, 4.69) is 12.6 Å². The second-order valence-electron chi connectivity index (χ2n) is 2.97. The highest BCUT2D eigenvalue weighted by Gasteiger charge is 2.32. The summed E-state index contributed by atoms with van der Waals surface area (Å²) in [4.78, 5) is 11.2. The summed E-state index contributed by atoms with van der Waals surface area (Å²) in [5.74, 6) is -1.06. The van der Waals surface area contributed by atoms with E-state index < -0.39 is 36.0 Å². The van der Waals surface area contributed by atoms with E-state index in [4.69, 9.17) is 20.6 Å². The second-order valence-corrected chi connectivity index (χ2v) is 3.63. The fourth-order valence-corrected chi connectivity index (χ4v) is 1.09. The second kappa shape index (κ2) is 6.76. The molecule has 0 heterocycles. The Morgan fingerprint density at radius 1 is 1.33 bits per heavy atom. The maximum atomic E-state index is 11.2. The number of nitriles is 1. The first-order chi connectivity index (χ1) is 6.95. The Balaban J connectivity index is 4.38. The molecule has 0 spiro atoms. The Hall–Kier alpha value is -0.650. The van der Waals surface area contributed by atoms with Gasteiger partial charge in [0.05, 0.1) is 12.7 Å². The van der Waals surface area contributed by atoms with Gasteiger partial charge in [0.15, 0.2) is 5.78 Å². The van der Waals surface area contributed by atoms with Crippen LogP contribution < -0.4 is 0 Å². The summed E-state index contributed by atoms with van der Waals surface area (Å²) in [6, 6.07) is 1.70. The van der Waals surface area contributed by atoms with E-state index in [1.807, 2.05) is 0 Å². The minimum Gasteiger partial charge on any atom is -0.394 e. The summed E-state index contributed by atoms with van der Waals surface area (Å²) in [7, 11) is 0. The van der Waals surface area contributed by atoms with E-state index in [0.29, 0.717) is 0 Å². The molecule has 4 atom stereocenters. The van der Waals surface area contributed by atoms with Gasteiger partial charge in [0.1, 0.15) is 18.3 Å². The molecule has 0 radical (unpaired) electrons. The van der Waals surface area contributed by atoms with Gasteiger partial charge < -0.3 is 20.4 Å². The third kappa shape index (κ3) is 4.15. The third-order valence-corrected chi connectivity index (χ3v) is 2.26. The Bertz CT molecular complexity index is 254. The molecule has 0 amide bonds. The molecule has 0 saturated heterocycles. The Labute approximate surface area is 92.2 Å². The highest BCUT2D eigenvalue weighted by Crippen LogP contribution is 2.10. The predicted molar refractivity (Wildman–Crippen MR) is 53.1 cm³/mol. The molecule has 86 valence electrons. The van der Waals surface area contributed by atoms with E-state index >= 15 is 0 Å². The summed E-state index contributed by atoms with van der Waals surface area (Å²) in [6.45, 7) is -0.797. The van der Waals surface area contributed by atoms with Crippen LogP contribution in [0.15, 0.2) is 0 Å². The van der Waals surface area contributed by atoms with Crippen LogP contribution in [0.3, 0.4) is 0 Å². The zero-order valence-corrected chi connectivity index (χ0v) is 8.71. The van der Waals surface area contributed by atoms with Gasteiger partial charge in [-0.25, -0.2) is 0 Å². The largest absolute Gasteiger partial charge is 0.394 e. The molecule has 0 saturated carbocycles. The zero-order chi connectivity index (χ0) is 12.0. The highest BCUT2D eigenvalue weighted by atomic mass is 32.1. The molecule has 7 heteroatoms. The molecule has 0 rings (SSSR count). The van der Waals surface area contributed by atoms with Crippen LogP contribution in [-0.2, 0) is 4.79 Å². The van der Waals surface area contributed by atoms with Crippen molar-refractivity contribution in [3.8, 4) is 6.07 Å². The van der Waals surface area contributed by atoms with Crippen LogP contribution in [-0.4, -0.2) is 56.4 Å². The van der Waals surface area contributed by atoms with E-state index in [0.717, 1.165) is 0 Å². The molecule has 0 bridgehead atoms. The topological polar surface area (TPSA) is 122 Å². The number of aliphatic hydroxyl groups is 4. The molecule has 0 aromatic rings. The molecule has 0 aromatic carbocycles. The number of Topliss-reactive ketones (excluding diaryl/α,β-unsaturated/α-hetero) is 1. The molecule has 0 aliphatic rings. The average molecular weight is 235 g/mol. The molecule has 0 aliphatic heterocycles. The predicted octanol–water partition coefficient (Wildman–Crippen LogP) is -2.16. The number of rotatable bonds is 6. The van der Waals surface area contributed by atoms with Crippen molar-refractivity contribution in [2.75, 3.05) is 6.61 Å². The fraction of sp³-hybridized carbons (Fsp3) is 0.750. The molecule has 0 aromatic heterocycles. The number of carbonyl (C=O) groups is 1. The molecule has 0 fully saturated rings. The van der Waals surface area contributed by atoms with Crippen LogP contribution in [0.4, 0.5) is 0 Å². The van der Waals surface area contributed by atoms with Crippen molar-refractivity contribution in [1.82, 2.24) is 0 Å². The maximum absolute atomic E-state index is 11.2. The summed E-state index contributed by atoms with van der Waals surface area (Å²) in [6.07, 6.45) is -5.34. The van der Waals surface area contributed by atoms with Gasteiger partial charge in [0, 0.05) is 11.7 Å². The van der Waals surface area contributed by atoms with E-state index in [-0.39, 0.29) is 6.42 Å². The molecule has 15 heavy (non-hydrogen) atoms. The number of hydrogen-bond acceptors (Lipinski definition) is 7. The summed E-state index contributed by atoms with van der Waals surface area (Å²) in [5.41, 5.74) is 0. The first-order valence-electron chi connectivity index (χ1n) is 4.19. The number of ketones is 1. The Morgan fingerprint density at radius 3 is 2.27 bits per heavy atom. The lowest BCUT2D eigenvalue weighted by atomic mass is 10.0. The summed E-state index contributed by atoms with van der Waals surface area (Å²) >= 11 is 3.79. The quantitative estimate of drug-likeness (QED) is 0.334. The monoisotopic (exact) mass is 235 g/mol. The molecule has 6 nitrogen and oxygen atoms in total. The number of aliphatic hydroxyl groups excluding tert-OH is 4. The number of carbonyl (C=O) groups excluding carboxylic acids is 1. The van der Waals surface area contributed by atoms with Crippen LogP contribution in [0.5, 0.6) is 0 Å². The van der Waals surface area contributed by atoms with Crippen molar-refractivity contribution in [2.45, 2.75) is 30.0 Å². The third-order valence-electron chi connectivity index (χ3n) is 1.80. The van der Waals surface area contributed by atoms with Gasteiger partial charge in [0.2, 0.25) is 0 Å². The van der Waals surface area contributed by atoms with Crippen LogP contribution in [0.1, 0.15) is 6.42 Å². The number of thiol groups is 1. The highest BCUT2D eigenvalue weighted by molar-refractivity contribution is 7.81. The van der Waals surface area contributed by atoms with Gasteiger partial charge in [-0.2, -0.15) is 17.9 Å². The SMILES string of the molecule is N#CCC(S)[C@H](O)C(=O)[C@@H](O)[C@H](O)CO. The van der Waals surface area contributed by atoms with Crippen molar-refractivity contribution < 1.29 is 25.2 Å². The Morgan fingerprint density at radius 2 is 1.87 bits per heavy atom.